The highest BCUT2D eigenvalue weighted by Gasteiger charge is 2.23. The minimum atomic E-state index is -0.360. The third kappa shape index (κ3) is 6.03. The van der Waals surface area contributed by atoms with Crippen LogP contribution in [0.4, 0.5) is 11.4 Å². The molecule has 1 saturated heterocycles. The molecule has 2 aromatic carbocycles. The Kier molecular flexibility index (Phi) is 7.61. The normalized spacial score (nSPS) is 13.7. The van der Waals surface area contributed by atoms with Gasteiger partial charge in [0.1, 0.15) is 5.76 Å². The lowest BCUT2D eigenvalue weighted by atomic mass is 10.1. The first-order valence-corrected chi connectivity index (χ1v) is 11.5. The van der Waals surface area contributed by atoms with Crippen LogP contribution in [-0.4, -0.2) is 48.0 Å². The summed E-state index contributed by atoms with van der Waals surface area (Å²) in [6.45, 7) is 2.52. The summed E-state index contributed by atoms with van der Waals surface area (Å²) in [6, 6.07) is 18.2. The van der Waals surface area contributed by atoms with Crippen molar-refractivity contribution < 1.29 is 14.0 Å². The summed E-state index contributed by atoms with van der Waals surface area (Å²) >= 11 is 11.3. The maximum atomic E-state index is 12.8. The van der Waals surface area contributed by atoms with Crippen molar-refractivity contribution >= 4 is 58.2 Å². The molecule has 174 valence electrons. The first-order chi connectivity index (χ1) is 16.5. The van der Waals surface area contributed by atoms with Gasteiger partial charge in [-0.1, -0.05) is 23.7 Å². The van der Waals surface area contributed by atoms with Crippen LogP contribution in [-0.2, 0) is 4.79 Å². The molecule has 2 N–H and O–H groups in total. The first kappa shape index (κ1) is 23.5. The van der Waals surface area contributed by atoms with Crippen LogP contribution in [0.5, 0.6) is 0 Å². The second kappa shape index (κ2) is 11.0. The summed E-state index contributed by atoms with van der Waals surface area (Å²) < 4.78 is 5.17. The highest BCUT2D eigenvalue weighted by atomic mass is 35.5. The number of carbonyl (C=O) groups is 2. The fraction of sp³-hybridized carbons (Fsp3) is 0.160. The van der Waals surface area contributed by atoms with E-state index in [4.69, 9.17) is 28.2 Å². The summed E-state index contributed by atoms with van der Waals surface area (Å²) in [5.41, 5.74) is 2.35. The van der Waals surface area contributed by atoms with Crippen LogP contribution >= 0.6 is 23.8 Å². The highest BCUT2D eigenvalue weighted by Crippen LogP contribution is 2.27. The first-order valence-electron chi connectivity index (χ1n) is 10.7. The molecule has 0 spiro atoms. The van der Waals surface area contributed by atoms with Gasteiger partial charge in [-0.3, -0.25) is 14.9 Å². The van der Waals surface area contributed by atoms with Gasteiger partial charge >= 0.3 is 0 Å². The number of piperazine rings is 1. The molecule has 1 aliphatic rings. The Hall–Kier alpha value is -3.62. The van der Waals surface area contributed by atoms with Gasteiger partial charge in [-0.2, -0.15) is 0 Å². The van der Waals surface area contributed by atoms with Crippen molar-refractivity contribution in [2.24, 2.45) is 0 Å². The van der Waals surface area contributed by atoms with Crippen molar-refractivity contribution in [3.05, 3.63) is 89.3 Å². The minimum Gasteiger partial charge on any atom is -0.465 e. The number of carbonyl (C=O) groups excluding carboxylic acids is 2. The van der Waals surface area contributed by atoms with Crippen molar-refractivity contribution in [1.82, 2.24) is 10.2 Å². The number of anilines is 2. The molecule has 2 amide bonds. The third-order valence-electron chi connectivity index (χ3n) is 5.33. The maximum Gasteiger partial charge on any atom is 0.253 e. The van der Waals surface area contributed by atoms with E-state index in [2.05, 4.69) is 15.5 Å². The van der Waals surface area contributed by atoms with Crippen molar-refractivity contribution in [3.8, 4) is 0 Å². The predicted molar refractivity (Wildman–Crippen MR) is 138 cm³/mol. The maximum absolute atomic E-state index is 12.8. The molecule has 3 aromatic rings. The van der Waals surface area contributed by atoms with E-state index < -0.39 is 0 Å². The van der Waals surface area contributed by atoms with E-state index in [1.165, 1.54) is 12.3 Å². The van der Waals surface area contributed by atoms with Crippen molar-refractivity contribution in [1.29, 1.82) is 0 Å². The Labute approximate surface area is 208 Å². The molecule has 0 bridgehead atoms. The van der Waals surface area contributed by atoms with Crippen LogP contribution in [0, 0.1) is 0 Å². The molecule has 0 atom stereocenters. The minimum absolute atomic E-state index is 0.00535. The van der Waals surface area contributed by atoms with Gasteiger partial charge in [0.15, 0.2) is 5.11 Å². The van der Waals surface area contributed by atoms with E-state index in [9.17, 15) is 9.59 Å². The Morgan fingerprint density at radius 3 is 2.41 bits per heavy atom. The third-order valence-corrected chi connectivity index (χ3v) is 5.79. The lowest BCUT2D eigenvalue weighted by molar-refractivity contribution is -0.115. The van der Waals surface area contributed by atoms with E-state index in [1.54, 1.807) is 42.5 Å². The van der Waals surface area contributed by atoms with Crippen LogP contribution in [0.2, 0.25) is 5.02 Å². The van der Waals surface area contributed by atoms with Gasteiger partial charge in [-0.05, 0) is 66.8 Å². The quantitative estimate of drug-likeness (QED) is 0.404. The van der Waals surface area contributed by atoms with Crippen LogP contribution in [0.3, 0.4) is 0 Å². The Bertz CT molecular complexity index is 1190. The topological polar surface area (TPSA) is 77.8 Å². The number of nitrogens with zero attached hydrogens (tertiary/aromatic N) is 2. The molecular formula is C25H23ClN4O3S. The largest absolute Gasteiger partial charge is 0.465 e. The van der Waals surface area contributed by atoms with Crippen LogP contribution < -0.4 is 15.5 Å². The van der Waals surface area contributed by atoms with Crippen molar-refractivity contribution in [3.63, 3.8) is 0 Å². The van der Waals surface area contributed by atoms with Gasteiger partial charge in [0.25, 0.3) is 5.91 Å². The molecule has 0 saturated carbocycles. The molecule has 0 aliphatic carbocycles. The van der Waals surface area contributed by atoms with E-state index in [0.717, 1.165) is 11.4 Å². The van der Waals surface area contributed by atoms with Gasteiger partial charge in [0, 0.05) is 42.8 Å². The highest BCUT2D eigenvalue weighted by molar-refractivity contribution is 7.80. The zero-order valence-corrected chi connectivity index (χ0v) is 19.8. The van der Waals surface area contributed by atoms with Gasteiger partial charge in [-0.15, -0.1) is 0 Å². The summed E-state index contributed by atoms with van der Waals surface area (Å²) in [5, 5.41) is 6.54. The van der Waals surface area contributed by atoms with E-state index >= 15 is 0 Å². The molecule has 1 aliphatic heterocycles. The number of halogens is 1. The molecule has 1 aromatic heterocycles. The molecule has 2 heterocycles. The Morgan fingerprint density at radius 1 is 0.971 bits per heavy atom. The van der Waals surface area contributed by atoms with Crippen LogP contribution in [0.25, 0.3) is 6.08 Å². The number of hydrogen-bond donors (Lipinski definition) is 2. The molecule has 0 unspecified atom stereocenters. The predicted octanol–water partition coefficient (Wildman–Crippen LogP) is 4.42. The number of benzene rings is 2. The fourth-order valence-electron chi connectivity index (χ4n) is 3.63. The van der Waals surface area contributed by atoms with Crippen molar-refractivity contribution in [2.75, 3.05) is 36.4 Å². The summed E-state index contributed by atoms with van der Waals surface area (Å²) in [5.74, 6) is 0.211. The molecule has 1 fully saturated rings. The smallest absolute Gasteiger partial charge is 0.253 e. The second-order valence-electron chi connectivity index (χ2n) is 7.60. The standard InChI is InChI=1S/C25H23ClN4O3S/c26-19-9-7-18(8-10-19)24(32)30-15-13-29(14-16-30)22-6-2-1-5-21(22)27-25(34)28-23(31)12-11-20-4-3-17-33-20/h1-12,17H,13-16H2,(H2,27,28,31,34)/b12-11+. The second-order valence-corrected chi connectivity index (χ2v) is 8.44. The average molecular weight is 495 g/mol. The van der Waals surface area contributed by atoms with E-state index in [1.807, 2.05) is 29.2 Å². The van der Waals surface area contributed by atoms with Crippen molar-refractivity contribution in [2.45, 2.75) is 0 Å². The summed E-state index contributed by atoms with van der Waals surface area (Å²) in [6.07, 6.45) is 4.46. The molecule has 0 radical (unpaired) electrons. The Morgan fingerprint density at radius 2 is 1.71 bits per heavy atom. The van der Waals surface area contributed by atoms with E-state index in [-0.39, 0.29) is 16.9 Å². The number of hydrogen-bond acceptors (Lipinski definition) is 5. The van der Waals surface area contributed by atoms with Crippen LogP contribution in [0.15, 0.2) is 77.4 Å². The lowest BCUT2D eigenvalue weighted by Gasteiger charge is -2.37. The number of thiocarbonyl (C=S) groups is 1. The number of nitrogens with one attached hydrogen (secondary N) is 2. The SMILES string of the molecule is O=C(/C=C/c1ccco1)NC(=S)Nc1ccccc1N1CCN(C(=O)c2ccc(Cl)cc2)CC1. The molecule has 9 heteroatoms. The van der Waals surface area contributed by atoms with E-state index in [0.29, 0.717) is 42.5 Å². The van der Waals surface area contributed by atoms with Gasteiger partial charge in [-0.25, -0.2) is 0 Å². The monoisotopic (exact) mass is 494 g/mol. The molecular weight excluding hydrogens is 472 g/mol. The number of para-hydroxylation sites is 2. The van der Waals surface area contributed by atoms with Gasteiger partial charge < -0.3 is 19.5 Å². The zero-order chi connectivity index (χ0) is 23.9. The van der Waals surface area contributed by atoms with Crippen LogP contribution in [0.1, 0.15) is 16.1 Å². The Balaban J connectivity index is 1.34. The van der Waals surface area contributed by atoms with Gasteiger partial charge in [0.05, 0.1) is 17.6 Å². The number of furan rings is 1. The number of rotatable bonds is 5. The average Bonchev–Trinajstić information content (AvgIpc) is 3.37. The number of amides is 2. The fourth-order valence-corrected chi connectivity index (χ4v) is 3.97. The lowest BCUT2D eigenvalue weighted by Crippen LogP contribution is -2.49. The zero-order valence-electron chi connectivity index (χ0n) is 18.2. The summed E-state index contributed by atoms with van der Waals surface area (Å²) in [7, 11) is 0. The summed E-state index contributed by atoms with van der Waals surface area (Å²) in [4.78, 5) is 28.9. The van der Waals surface area contributed by atoms with Gasteiger partial charge in [0.2, 0.25) is 5.91 Å². The molecule has 34 heavy (non-hydrogen) atoms. The molecule has 4 rings (SSSR count). The molecule has 7 nitrogen and oxygen atoms in total.